The molecule has 2 heterocycles. The second-order valence-corrected chi connectivity index (χ2v) is 7.32. The van der Waals surface area contributed by atoms with Crippen LogP contribution in [0.25, 0.3) is 22.3 Å². The van der Waals surface area contributed by atoms with Gasteiger partial charge in [-0.2, -0.15) is 0 Å². The van der Waals surface area contributed by atoms with E-state index in [4.69, 9.17) is 0 Å². The average Bonchev–Trinajstić information content (AvgIpc) is 3.09. The maximum Gasteiger partial charge on any atom is 0.220 e. The minimum absolute atomic E-state index is 0.335. The van der Waals surface area contributed by atoms with Crippen LogP contribution in [0.2, 0.25) is 0 Å². The van der Waals surface area contributed by atoms with Gasteiger partial charge in [0.25, 0.3) is 0 Å². The van der Waals surface area contributed by atoms with Crippen LogP contribution in [-0.2, 0) is 0 Å². The fourth-order valence-corrected chi connectivity index (χ4v) is 3.06. The molecule has 2 aromatic carbocycles. The first kappa shape index (κ1) is 24.2. The van der Waals surface area contributed by atoms with Gasteiger partial charge in [0.1, 0.15) is 11.6 Å². The van der Waals surface area contributed by atoms with Crippen molar-refractivity contribution in [3.63, 3.8) is 0 Å². The van der Waals surface area contributed by atoms with E-state index >= 15 is 0 Å². The van der Waals surface area contributed by atoms with E-state index < -0.39 is 22.5 Å². The summed E-state index contributed by atoms with van der Waals surface area (Å²) in [5, 5.41) is 18.5. The topological polar surface area (TPSA) is 100 Å². The number of hydrogen-bond donors (Lipinski definition) is 2. The number of rotatable bonds is 2. The molecule has 0 spiro atoms. The molecule has 4 aromatic rings. The van der Waals surface area contributed by atoms with Crippen LogP contribution in [0, 0.1) is 25.5 Å². The minimum Gasteiger partial charge on any atom is -0.504 e. The standard InChI is InChI=1S/2C13H10FNO2/c1-8-10(6-15-7-11(8)14)9-2-4-12(16)13(17)5-3-9;1-8-11(6-10(14)7-15-8)9-2-4-12(16)13(17)5-3-9/h2*2-7H,1H3,(H,16,17). The van der Waals surface area contributed by atoms with Gasteiger partial charge in [0.15, 0.2) is 11.5 Å². The third-order valence-electron chi connectivity index (χ3n) is 5.00. The first-order valence-electron chi connectivity index (χ1n) is 10.1. The van der Waals surface area contributed by atoms with Crippen LogP contribution in [0.1, 0.15) is 11.3 Å². The van der Waals surface area contributed by atoms with Gasteiger partial charge in [0, 0.05) is 23.0 Å². The van der Waals surface area contributed by atoms with Crippen LogP contribution in [0.15, 0.2) is 82.8 Å². The zero-order valence-electron chi connectivity index (χ0n) is 18.3. The number of halogens is 2. The molecular formula is C26H20F2N2O4. The quantitative estimate of drug-likeness (QED) is 0.454. The Bertz CT molecular complexity index is 1410. The lowest BCUT2D eigenvalue weighted by atomic mass is 10.0. The van der Waals surface area contributed by atoms with Crippen LogP contribution < -0.4 is 10.9 Å². The second-order valence-electron chi connectivity index (χ2n) is 7.32. The highest BCUT2D eigenvalue weighted by molar-refractivity contribution is 5.66. The average molecular weight is 462 g/mol. The fourth-order valence-electron chi connectivity index (χ4n) is 3.06. The van der Waals surface area contributed by atoms with Crippen molar-refractivity contribution in [2.45, 2.75) is 13.8 Å². The second kappa shape index (κ2) is 10.4. The van der Waals surface area contributed by atoms with Crippen molar-refractivity contribution in [3.8, 4) is 33.8 Å². The summed E-state index contributed by atoms with van der Waals surface area (Å²) in [6.07, 6.45) is 3.80. The molecule has 4 rings (SSSR count). The predicted molar refractivity (Wildman–Crippen MR) is 125 cm³/mol. The Balaban J connectivity index is 0.000000191. The van der Waals surface area contributed by atoms with E-state index in [1.165, 1.54) is 48.7 Å². The minimum atomic E-state index is -0.474. The van der Waals surface area contributed by atoms with E-state index in [2.05, 4.69) is 9.97 Å². The molecule has 8 heteroatoms. The number of aromatic hydroxyl groups is 2. The molecule has 172 valence electrons. The van der Waals surface area contributed by atoms with E-state index in [0.29, 0.717) is 33.5 Å². The number of nitrogens with zero attached hydrogens (tertiary/aromatic N) is 2. The molecule has 0 unspecified atom stereocenters. The zero-order chi connectivity index (χ0) is 24.8. The summed E-state index contributed by atoms with van der Waals surface area (Å²) in [5.74, 6) is -1.51. The molecule has 0 fully saturated rings. The fraction of sp³-hybridized carbons (Fsp3) is 0.0769. The highest BCUT2D eigenvalue weighted by Crippen LogP contribution is 2.24. The highest BCUT2D eigenvalue weighted by Gasteiger charge is 2.07. The van der Waals surface area contributed by atoms with E-state index in [1.54, 1.807) is 26.0 Å². The molecule has 34 heavy (non-hydrogen) atoms. The number of aromatic nitrogens is 2. The van der Waals surface area contributed by atoms with Crippen molar-refractivity contribution in [1.82, 2.24) is 9.97 Å². The molecule has 0 aliphatic heterocycles. The van der Waals surface area contributed by atoms with Gasteiger partial charge >= 0.3 is 0 Å². The third-order valence-corrected chi connectivity index (χ3v) is 5.00. The monoisotopic (exact) mass is 462 g/mol. The van der Waals surface area contributed by atoms with Crippen molar-refractivity contribution < 1.29 is 19.0 Å². The molecule has 2 N–H and O–H groups in total. The van der Waals surface area contributed by atoms with E-state index in [1.807, 2.05) is 0 Å². The van der Waals surface area contributed by atoms with Gasteiger partial charge in [0.05, 0.1) is 12.4 Å². The first-order chi connectivity index (χ1) is 16.2. The van der Waals surface area contributed by atoms with Crippen molar-refractivity contribution >= 4 is 0 Å². The largest absolute Gasteiger partial charge is 0.504 e. The Labute approximate surface area is 193 Å². The Hall–Kier alpha value is -4.46. The molecule has 0 bridgehead atoms. The normalized spacial score (nSPS) is 10.2. The highest BCUT2D eigenvalue weighted by atomic mass is 19.1. The molecule has 0 amide bonds. The Morgan fingerprint density at radius 2 is 1.24 bits per heavy atom. The summed E-state index contributed by atoms with van der Waals surface area (Å²) in [5.41, 5.74) is 2.62. The van der Waals surface area contributed by atoms with Gasteiger partial charge in [-0.1, -0.05) is 24.3 Å². The lowest BCUT2D eigenvalue weighted by Crippen LogP contribution is -1.91. The summed E-state index contributed by atoms with van der Waals surface area (Å²) in [6.45, 7) is 3.39. The summed E-state index contributed by atoms with van der Waals surface area (Å²) in [6, 6.07) is 12.6. The van der Waals surface area contributed by atoms with E-state index in [9.17, 15) is 28.6 Å². The molecule has 0 radical (unpaired) electrons. The van der Waals surface area contributed by atoms with Gasteiger partial charge in [-0.3, -0.25) is 19.6 Å². The molecule has 0 saturated carbocycles. The number of pyridine rings is 2. The summed E-state index contributed by atoms with van der Waals surface area (Å²) in [4.78, 5) is 30.1. The smallest absolute Gasteiger partial charge is 0.220 e. The summed E-state index contributed by atoms with van der Waals surface area (Å²) >= 11 is 0. The molecule has 2 aromatic heterocycles. The number of aryl methyl sites for hydroxylation is 1. The van der Waals surface area contributed by atoms with Gasteiger partial charge in [-0.05, 0) is 60.9 Å². The van der Waals surface area contributed by atoms with Crippen molar-refractivity contribution in [2.24, 2.45) is 0 Å². The van der Waals surface area contributed by atoms with Crippen molar-refractivity contribution in [2.75, 3.05) is 0 Å². The predicted octanol–water partition coefficient (Wildman–Crippen LogP) is 4.52. The van der Waals surface area contributed by atoms with E-state index in [-0.39, 0.29) is 11.5 Å². The van der Waals surface area contributed by atoms with Crippen LogP contribution in [-0.4, -0.2) is 20.2 Å². The van der Waals surface area contributed by atoms with Crippen molar-refractivity contribution in [1.29, 1.82) is 0 Å². The molecule has 0 atom stereocenters. The third kappa shape index (κ3) is 5.66. The Morgan fingerprint density at radius 3 is 1.82 bits per heavy atom. The van der Waals surface area contributed by atoms with Crippen LogP contribution >= 0.6 is 0 Å². The molecule has 0 saturated heterocycles. The number of hydrogen-bond acceptors (Lipinski definition) is 6. The molecule has 6 nitrogen and oxygen atoms in total. The van der Waals surface area contributed by atoms with Crippen LogP contribution in [0.4, 0.5) is 8.78 Å². The van der Waals surface area contributed by atoms with E-state index in [0.717, 1.165) is 12.4 Å². The molecule has 0 aliphatic carbocycles. The molecule has 0 aliphatic rings. The lowest BCUT2D eigenvalue weighted by Gasteiger charge is -2.03. The lowest BCUT2D eigenvalue weighted by molar-refractivity contribution is 0.470. The molecular weight excluding hydrogens is 442 g/mol. The Morgan fingerprint density at radius 1 is 0.706 bits per heavy atom. The van der Waals surface area contributed by atoms with Gasteiger partial charge < -0.3 is 10.2 Å². The maximum absolute atomic E-state index is 13.3. The van der Waals surface area contributed by atoms with Gasteiger partial charge in [0.2, 0.25) is 10.9 Å². The Kier molecular flexibility index (Phi) is 7.43. The summed E-state index contributed by atoms with van der Waals surface area (Å²) in [7, 11) is 0. The summed E-state index contributed by atoms with van der Waals surface area (Å²) < 4.78 is 26.5. The SMILES string of the molecule is Cc1c(F)cncc1-c1ccc(O)c(=O)cc1.Cc1ncc(F)cc1-c1ccc(O)c(=O)cc1. The van der Waals surface area contributed by atoms with Crippen molar-refractivity contribution in [3.05, 3.63) is 117 Å². The van der Waals surface area contributed by atoms with Gasteiger partial charge in [-0.15, -0.1) is 0 Å². The van der Waals surface area contributed by atoms with Crippen LogP contribution in [0.5, 0.6) is 11.5 Å². The zero-order valence-corrected chi connectivity index (χ0v) is 18.3. The maximum atomic E-state index is 13.3. The first-order valence-corrected chi connectivity index (χ1v) is 10.1. The van der Waals surface area contributed by atoms with Crippen LogP contribution in [0.3, 0.4) is 0 Å². The van der Waals surface area contributed by atoms with Gasteiger partial charge in [-0.25, -0.2) is 8.78 Å².